The van der Waals surface area contributed by atoms with Crippen LogP contribution in [0.5, 0.6) is 0 Å². The average molecular weight is 320 g/mol. The summed E-state index contributed by atoms with van der Waals surface area (Å²) in [5.41, 5.74) is 0.803. The third kappa shape index (κ3) is 15.5. The third-order valence-corrected chi connectivity index (χ3v) is 1.26. The van der Waals surface area contributed by atoms with E-state index in [1.165, 1.54) is 6.08 Å². The molecule has 2 unspecified atom stereocenters. The summed E-state index contributed by atoms with van der Waals surface area (Å²) >= 11 is 0. The molecule has 1 aromatic carbocycles. The van der Waals surface area contributed by atoms with Gasteiger partial charge in [0, 0.05) is 23.7 Å². The van der Waals surface area contributed by atoms with Crippen LogP contribution in [-0.4, -0.2) is 16.2 Å². The largest absolute Gasteiger partial charge is 0.592 e. The van der Waals surface area contributed by atoms with Gasteiger partial charge in [-0.15, -0.1) is 0 Å². The molecule has 0 aliphatic carbocycles. The predicted molar refractivity (Wildman–Crippen MR) is 77.9 cm³/mol. The molecule has 0 heterocycles. The molecule has 2 atom stereocenters. The van der Waals surface area contributed by atoms with E-state index in [1.54, 1.807) is 0 Å². The van der Waals surface area contributed by atoms with Crippen molar-refractivity contribution in [3.63, 3.8) is 0 Å². The van der Waals surface area contributed by atoms with Gasteiger partial charge >= 0.3 is 0 Å². The van der Waals surface area contributed by atoms with Crippen molar-refractivity contribution in [2.24, 2.45) is 0 Å². The number of hydrogen-bond acceptors (Lipinski definition) is 2. The van der Waals surface area contributed by atoms with Crippen molar-refractivity contribution in [2.75, 3.05) is 0 Å². The van der Waals surface area contributed by atoms with Crippen LogP contribution in [0.1, 0.15) is 12.5 Å². The predicted octanol–water partition coefficient (Wildman–Crippen LogP) is 2.62. The van der Waals surface area contributed by atoms with Crippen LogP contribution in [0.15, 0.2) is 36.4 Å². The topological polar surface area (TPSA) is 57.5 Å². The monoisotopic (exact) mass is 320 g/mol. The Morgan fingerprint density at radius 1 is 1.18 bits per heavy atom. The standard InChI is InChI=1S/C9H9O.C2H4O2.Co.2H3P/c1-2-9(10)8-6-4-3-5-7-8;1-2(3)4;;;/h2-7,10H,1H2;1H3,(H,3,4);;2*1H3/q-1;;;;/b9-2-;;;;. The van der Waals surface area contributed by atoms with Crippen molar-refractivity contribution in [3.8, 4) is 0 Å². The minimum Gasteiger partial charge on any atom is -0.592 e. The van der Waals surface area contributed by atoms with Gasteiger partial charge in [0.1, 0.15) is 0 Å². The van der Waals surface area contributed by atoms with Crippen LogP contribution in [-0.2, 0) is 21.6 Å². The number of carbonyl (C=O) groups is 1. The Labute approximate surface area is 119 Å². The average Bonchev–Trinajstić information content (AvgIpc) is 2.17. The van der Waals surface area contributed by atoms with Crippen LogP contribution in [0.4, 0.5) is 0 Å². The Morgan fingerprint density at radius 3 is 1.82 bits per heavy atom. The number of aliphatic hydroxyl groups is 1. The minimum absolute atomic E-state index is 0. The molecule has 0 fully saturated rings. The summed E-state index contributed by atoms with van der Waals surface area (Å²) in [6.07, 6.45) is 1.43. The van der Waals surface area contributed by atoms with Gasteiger partial charge in [0.2, 0.25) is 0 Å². The van der Waals surface area contributed by atoms with E-state index in [9.17, 15) is 0 Å². The quantitative estimate of drug-likeness (QED) is 0.475. The maximum absolute atomic E-state index is 9.13. The zero-order valence-corrected chi connectivity index (χ0v) is 13.6. The molecule has 0 aliphatic heterocycles. The summed E-state index contributed by atoms with van der Waals surface area (Å²) in [5, 5.41) is 16.5. The van der Waals surface area contributed by atoms with Crippen LogP contribution in [0.3, 0.4) is 0 Å². The summed E-state index contributed by atoms with van der Waals surface area (Å²) in [7, 11) is 0. The van der Waals surface area contributed by atoms with E-state index in [-0.39, 0.29) is 42.3 Å². The molecule has 2 N–H and O–H groups in total. The molecule has 3 nitrogen and oxygen atoms in total. The molecule has 101 valence electrons. The molecule has 0 saturated heterocycles. The van der Waals surface area contributed by atoms with Gasteiger partial charge in [0.05, 0.1) is 0 Å². The normalized spacial score (nSPS) is 8.18. The van der Waals surface area contributed by atoms with Crippen molar-refractivity contribution in [1.82, 2.24) is 0 Å². The fraction of sp³-hybridized carbons (Fsp3) is 0.0909. The molecule has 0 aliphatic rings. The van der Waals surface area contributed by atoms with E-state index in [4.69, 9.17) is 15.0 Å². The third-order valence-electron chi connectivity index (χ3n) is 1.26. The molecule has 1 radical (unpaired) electrons. The van der Waals surface area contributed by atoms with Crippen molar-refractivity contribution in [1.29, 1.82) is 0 Å². The Balaban J connectivity index is -0.000000108. The number of carboxylic acid groups (broad SMARTS) is 1. The second kappa shape index (κ2) is 15.5. The van der Waals surface area contributed by atoms with Gasteiger partial charge < -0.3 is 10.2 Å². The van der Waals surface area contributed by atoms with Gasteiger partial charge in [-0.1, -0.05) is 35.9 Å². The van der Waals surface area contributed by atoms with E-state index in [0.29, 0.717) is 0 Å². The molecule has 0 aromatic heterocycles. The summed E-state index contributed by atoms with van der Waals surface area (Å²) in [6.45, 7) is 4.53. The Hall–Kier alpha value is -0.534. The van der Waals surface area contributed by atoms with Crippen LogP contribution < -0.4 is 0 Å². The molecule has 1 aromatic rings. The van der Waals surface area contributed by atoms with E-state index >= 15 is 0 Å². The first kappa shape index (κ1) is 25.3. The van der Waals surface area contributed by atoms with Crippen LogP contribution in [0.2, 0.25) is 0 Å². The zero-order chi connectivity index (χ0) is 11.0. The number of rotatable bonds is 1. The van der Waals surface area contributed by atoms with Crippen LogP contribution in [0.25, 0.3) is 5.76 Å². The SMILES string of the molecule is CC(=O)O.P.P.[CH2-]/C=C(\O)c1ccccc1.[Co]. The summed E-state index contributed by atoms with van der Waals surface area (Å²) in [5.74, 6) is -0.611. The van der Waals surface area contributed by atoms with Gasteiger partial charge in [-0.25, -0.2) is 6.92 Å². The molecule has 0 bridgehead atoms. The van der Waals surface area contributed by atoms with Gasteiger partial charge in [-0.2, -0.15) is 25.9 Å². The second-order valence-electron chi connectivity index (χ2n) is 2.47. The van der Waals surface area contributed by atoms with E-state index in [2.05, 4.69) is 6.92 Å². The zero-order valence-electron chi connectivity index (χ0n) is 9.72. The van der Waals surface area contributed by atoms with E-state index in [0.717, 1.165) is 12.5 Å². The first-order chi connectivity index (χ1) is 6.57. The number of benzene rings is 1. The smallest absolute Gasteiger partial charge is 0.300 e. The number of allylic oxidation sites excluding steroid dienone is 1. The van der Waals surface area contributed by atoms with E-state index < -0.39 is 5.97 Å². The molecule has 0 saturated carbocycles. The van der Waals surface area contributed by atoms with Gasteiger partial charge in [0.25, 0.3) is 5.97 Å². The Bertz CT molecular complexity index is 312. The van der Waals surface area contributed by atoms with Crippen molar-refractivity contribution >= 4 is 31.5 Å². The van der Waals surface area contributed by atoms with Gasteiger partial charge in [0.15, 0.2) is 0 Å². The van der Waals surface area contributed by atoms with Crippen molar-refractivity contribution in [3.05, 3.63) is 48.9 Å². The molecule has 1 rings (SSSR count). The Morgan fingerprint density at radius 2 is 1.53 bits per heavy atom. The Kier molecular flexibility index (Phi) is 23.1. The first-order valence-electron chi connectivity index (χ1n) is 4.01. The number of aliphatic hydroxyl groups excluding tert-OH is 1. The maximum Gasteiger partial charge on any atom is 0.300 e. The summed E-state index contributed by atoms with van der Waals surface area (Å²) < 4.78 is 0. The van der Waals surface area contributed by atoms with Crippen molar-refractivity contribution < 1.29 is 31.8 Å². The summed E-state index contributed by atoms with van der Waals surface area (Å²) in [4.78, 5) is 9.00. The fourth-order valence-corrected chi connectivity index (χ4v) is 0.727. The van der Waals surface area contributed by atoms with Crippen molar-refractivity contribution in [2.45, 2.75) is 6.92 Å². The molecular weight excluding hydrogens is 301 g/mol. The van der Waals surface area contributed by atoms with Crippen LogP contribution >= 0.6 is 19.8 Å². The number of hydrogen-bond donors (Lipinski definition) is 2. The molecule has 6 heteroatoms. The summed E-state index contributed by atoms with van der Waals surface area (Å²) in [6, 6.07) is 9.30. The van der Waals surface area contributed by atoms with Gasteiger partial charge in [-0.05, 0) is 5.76 Å². The number of aliphatic carboxylic acids is 1. The first-order valence-corrected chi connectivity index (χ1v) is 4.01. The fourth-order valence-electron chi connectivity index (χ4n) is 0.727. The second-order valence-corrected chi connectivity index (χ2v) is 2.47. The van der Waals surface area contributed by atoms with E-state index in [1.807, 2.05) is 30.3 Å². The maximum atomic E-state index is 9.13. The minimum atomic E-state index is -0.833. The molecule has 0 spiro atoms. The molecule has 0 amide bonds. The van der Waals surface area contributed by atoms with Gasteiger partial charge in [-0.3, -0.25) is 4.79 Å². The van der Waals surface area contributed by atoms with Crippen LogP contribution in [0, 0.1) is 6.92 Å². The molecule has 17 heavy (non-hydrogen) atoms. The molecular formula is C11H19CoO3P2-. The number of carboxylic acids is 1.